The topological polar surface area (TPSA) is 27.9 Å². The molecule has 2 N–H and O–H groups in total. The first-order chi connectivity index (χ1) is 11.1. The number of nitrogens with zero attached hydrogens (tertiary/aromatic N) is 1. The van der Waals surface area contributed by atoms with Crippen LogP contribution in [0.15, 0.2) is 23.6 Å². The molecule has 0 saturated heterocycles. The van der Waals surface area contributed by atoms with Crippen molar-refractivity contribution in [2.24, 2.45) is 0 Å². The van der Waals surface area contributed by atoms with Crippen LogP contribution in [0.25, 0.3) is 0 Å². The molecule has 0 spiro atoms. The Morgan fingerprint density at radius 2 is 2.00 bits per heavy atom. The molecule has 5 heteroatoms. The van der Waals surface area contributed by atoms with Crippen molar-refractivity contribution in [1.29, 1.82) is 0 Å². The lowest BCUT2D eigenvalue weighted by atomic mass is 10.3. The maximum Gasteiger partial charge on any atom is 0.104 e. The van der Waals surface area contributed by atoms with E-state index in [1.807, 2.05) is 11.3 Å². The van der Waals surface area contributed by atoms with Gasteiger partial charge in [0.1, 0.15) is 6.61 Å². The maximum atomic E-state index is 8.79. The summed E-state index contributed by atoms with van der Waals surface area (Å²) in [6.07, 6.45) is 0. The summed E-state index contributed by atoms with van der Waals surface area (Å²) in [5.41, 5.74) is 1.00. The highest BCUT2D eigenvalue weighted by molar-refractivity contribution is 7.11. The molecule has 0 radical (unpaired) electrons. The highest BCUT2D eigenvalue weighted by Crippen LogP contribution is 2.20. The number of aliphatic hydroxyl groups excluding tert-OH is 1. The lowest BCUT2D eigenvalue weighted by Gasteiger charge is -2.21. The second-order valence-corrected chi connectivity index (χ2v) is 8.31. The number of thiophene rings is 2. The minimum absolute atomic E-state index is 0.0827. The van der Waals surface area contributed by atoms with Crippen LogP contribution < -0.4 is 4.90 Å². The zero-order valence-electron chi connectivity index (χ0n) is 14.1. The summed E-state index contributed by atoms with van der Waals surface area (Å²) in [4.78, 5) is 8.10. The van der Waals surface area contributed by atoms with Gasteiger partial charge in [0.2, 0.25) is 0 Å². The van der Waals surface area contributed by atoms with Crippen molar-refractivity contribution in [1.82, 2.24) is 4.90 Å². The molecule has 0 bridgehead atoms. The van der Waals surface area contributed by atoms with Gasteiger partial charge >= 0.3 is 0 Å². The van der Waals surface area contributed by atoms with Crippen LogP contribution in [-0.2, 0) is 13.1 Å². The highest BCUT2D eigenvalue weighted by Gasteiger charge is 2.11. The molecule has 0 fully saturated rings. The van der Waals surface area contributed by atoms with Gasteiger partial charge in [-0.1, -0.05) is 11.8 Å². The molecule has 23 heavy (non-hydrogen) atoms. The highest BCUT2D eigenvalue weighted by atomic mass is 32.1. The number of likely N-dealkylation sites (N-methyl/N-ethyl adjacent to an activating group) is 1. The lowest BCUT2D eigenvalue weighted by Crippen LogP contribution is -3.06. The van der Waals surface area contributed by atoms with Crippen molar-refractivity contribution in [3.05, 3.63) is 43.8 Å². The van der Waals surface area contributed by atoms with E-state index in [1.165, 1.54) is 19.5 Å². The molecule has 0 aliphatic heterocycles. The van der Waals surface area contributed by atoms with Crippen LogP contribution in [-0.4, -0.2) is 43.8 Å². The number of hydrogen-bond acceptors (Lipinski definition) is 4. The molecule has 0 atom stereocenters. The molecule has 2 aromatic rings. The van der Waals surface area contributed by atoms with Crippen LogP contribution in [0, 0.1) is 18.8 Å². The molecule has 0 aliphatic rings. The Hall–Kier alpha value is -1.16. The summed E-state index contributed by atoms with van der Waals surface area (Å²) in [6, 6.07) is 6.58. The SMILES string of the molecule is Cc1ccc(CN(CC[NH+](C)C)Cc2cc(C#CCO)cs2)s1. The molecule has 2 rings (SSSR count). The zero-order valence-corrected chi connectivity index (χ0v) is 15.7. The first kappa shape index (κ1) is 18.2. The van der Waals surface area contributed by atoms with Crippen LogP contribution in [0.5, 0.6) is 0 Å². The van der Waals surface area contributed by atoms with Gasteiger partial charge in [-0.25, -0.2) is 0 Å². The Kier molecular flexibility index (Phi) is 7.28. The lowest BCUT2D eigenvalue weighted by molar-refractivity contribution is -0.857. The molecule has 2 aromatic heterocycles. The van der Waals surface area contributed by atoms with Crippen molar-refractivity contribution in [2.75, 3.05) is 33.8 Å². The minimum atomic E-state index is -0.0827. The third-order valence-electron chi connectivity index (χ3n) is 3.45. The Labute approximate surface area is 147 Å². The van der Waals surface area contributed by atoms with Crippen LogP contribution in [0.3, 0.4) is 0 Å². The van der Waals surface area contributed by atoms with Crippen molar-refractivity contribution < 1.29 is 10.0 Å². The molecule has 0 saturated carbocycles. The summed E-state index contributed by atoms with van der Waals surface area (Å²) < 4.78 is 0. The van der Waals surface area contributed by atoms with E-state index in [0.29, 0.717) is 0 Å². The van der Waals surface area contributed by atoms with Crippen LogP contribution in [0.4, 0.5) is 0 Å². The summed E-state index contributed by atoms with van der Waals surface area (Å²) >= 11 is 3.63. The summed E-state index contributed by atoms with van der Waals surface area (Å²) in [5.74, 6) is 5.69. The van der Waals surface area contributed by atoms with E-state index < -0.39 is 0 Å². The predicted molar refractivity (Wildman–Crippen MR) is 99.1 cm³/mol. The first-order valence-corrected chi connectivity index (χ1v) is 9.50. The van der Waals surface area contributed by atoms with Gasteiger partial charge < -0.3 is 10.0 Å². The van der Waals surface area contributed by atoms with E-state index in [-0.39, 0.29) is 6.61 Å². The number of aryl methyl sites for hydroxylation is 1. The zero-order chi connectivity index (χ0) is 16.7. The molecule has 0 amide bonds. The van der Waals surface area contributed by atoms with Crippen molar-refractivity contribution in [3.8, 4) is 11.8 Å². The number of rotatable bonds is 7. The van der Waals surface area contributed by atoms with E-state index in [0.717, 1.165) is 31.7 Å². The fraction of sp³-hybridized carbons (Fsp3) is 0.444. The molecular formula is C18H25N2OS2+. The maximum absolute atomic E-state index is 8.79. The summed E-state index contributed by atoms with van der Waals surface area (Å²) in [7, 11) is 4.39. The van der Waals surface area contributed by atoms with Gasteiger partial charge in [-0.2, -0.15) is 0 Å². The number of aliphatic hydroxyl groups is 1. The molecule has 0 aliphatic carbocycles. The van der Waals surface area contributed by atoms with Crippen LogP contribution in [0.2, 0.25) is 0 Å². The van der Waals surface area contributed by atoms with E-state index >= 15 is 0 Å². The molecular weight excluding hydrogens is 324 g/mol. The fourth-order valence-corrected chi connectivity index (χ4v) is 4.07. The Balaban J connectivity index is 2.02. The van der Waals surface area contributed by atoms with Crippen molar-refractivity contribution in [3.63, 3.8) is 0 Å². The third-order valence-corrected chi connectivity index (χ3v) is 5.36. The van der Waals surface area contributed by atoms with Gasteiger partial charge in [0.05, 0.1) is 20.6 Å². The minimum Gasteiger partial charge on any atom is -0.384 e. The van der Waals surface area contributed by atoms with Crippen LogP contribution in [0.1, 0.15) is 20.2 Å². The van der Waals surface area contributed by atoms with E-state index in [2.05, 4.69) is 61.3 Å². The average molecular weight is 350 g/mol. The smallest absolute Gasteiger partial charge is 0.104 e. The number of hydrogen-bond donors (Lipinski definition) is 2. The average Bonchev–Trinajstić information content (AvgIpc) is 3.12. The number of quaternary nitrogens is 1. The molecule has 3 nitrogen and oxygen atoms in total. The predicted octanol–water partition coefficient (Wildman–Crippen LogP) is 1.61. The Morgan fingerprint density at radius 1 is 1.22 bits per heavy atom. The largest absolute Gasteiger partial charge is 0.384 e. The van der Waals surface area contributed by atoms with Crippen LogP contribution >= 0.6 is 22.7 Å². The first-order valence-electron chi connectivity index (χ1n) is 7.80. The van der Waals surface area contributed by atoms with Gasteiger partial charge in [-0.15, -0.1) is 22.7 Å². The summed E-state index contributed by atoms with van der Waals surface area (Å²) in [6.45, 7) is 6.24. The Bertz CT molecular complexity index is 664. The standard InChI is InChI=1S/C18H24N2OS2/c1-15-6-7-17(23-15)12-20(9-8-19(2)3)13-18-11-16(14-22-18)5-4-10-21/h6-7,11,14,21H,8-10,12-13H2,1-3H3/p+1. The van der Waals surface area contributed by atoms with E-state index in [1.54, 1.807) is 11.3 Å². The molecule has 0 unspecified atom stereocenters. The normalized spacial score (nSPS) is 11.0. The third kappa shape index (κ3) is 6.46. The molecule has 124 valence electrons. The second-order valence-electron chi connectivity index (χ2n) is 5.94. The van der Waals surface area contributed by atoms with Crippen molar-refractivity contribution >= 4 is 22.7 Å². The molecule has 0 aromatic carbocycles. The number of nitrogens with one attached hydrogen (secondary N) is 1. The van der Waals surface area contributed by atoms with Gasteiger partial charge in [0.25, 0.3) is 0 Å². The monoisotopic (exact) mass is 349 g/mol. The second kappa shape index (κ2) is 9.21. The van der Waals surface area contributed by atoms with Crippen molar-refractivity contribution in [2.45, 2.75) is 20.0 Å². The van der Waals surface area contributed by atoms with E-state index in [9.17, 15) is 0 Å². The van der Waals surface area contributed by atoms with Gasteiger partial charge in [0.15, 0.2) is 0 Å². The fourth-order valence-electron chi connectivity index (χ4n) is 2.28. The Morgan fingerprint density at radius 3 is 2.65 bits per heavy atom. The van der Waals surface area contributed by atoms with E-state index in [4.69, 9.17) is 5.11 Å². The summed E-state index contributed by atoms with van der Waals surface area (Å²) in [5, 5.41) is 10.9. The quantitative estimate of drug-likeness (QED) is 0.744. The van der Waals surface area contributed by atoms with Gasteiger partial charge in [0, 0.05) is 45.2 Å². The van der Waals surface area contributed by atoms with Gasteiger partial charge in [-0.05, 0) is 25.1 Å². The molecule has 2 heterocycles. The van der Waals surface area contributed by atoms with Gasteiger partial charge in [-0.3, -0.25) is 4.90 Å².